The highest BCUT2D eigenvalue weighted by molar-refractivity contribution is 5.24. The van der Waals surface area contributed by atoms with Crippen molar-refractivity contribution in [1.29, 1.82) is 0 Å². The summed E-state index contributed by atoms with van der Waals surface area (Å²) in [7, 11) is 0. The molecule has 0 aromatic heterocycles. The van der Waals surface area contributed by atoms with Crippen LogP contribution in [0.25, 0.3) is 0 Å². The quantitative estimate of drug-likeness (QED) is 0.459. The predicted molar refractivity (Wildman–Crippen MR) is 54.0 cm³/mol. The molecule has 64 valence electrons. The predicted octanol–water partition coefficient (Wildman–Crippen LogP) is 2.75. The summed E-state index contributed by atoms with van der Waals surface area (Å²) in [5.41, 5.74) is 1.17. The molecule has 1 heteroatoms. The van der Waals surface area contributed by atoms with Crippen molar-refractivity contribution in [3.8, 4) is 18.6 Å². The van der Waals surface area contributed by atoms with Crippen molar-refractivity contribution in [1.82, 2.24) is 0 Å². The van der Waals surface area contributed by atoms with Gasteiger partial charge >= 0.3 is 0 Å². The number of hydrogen-bond donors (Lipinski definition) is 1. The second-order valence-corrected chi connectivity index (χ2v) is 1.84. The van der Waals surface area contributed by atoms with Crippen molar-refractivity contribution < 1.29 is 5.11 Å². The van der Waals surface area contributed by atoms with Gasteiger partial charge in [0.05, 0.1) is 0 Å². The van der Waals surface area contributed by atoms with E-state index in [0.29, 0.717) is 5.75 Å². The van der Waals surface area contributed by atoms with Crippen LogP contribution < -0.4 is 0 Å². The van der Waals surface area contributed by atoms with Gasteiger partial charge in [-0.2, -0.15) is 0 Å². The van der Waals surface area contributed by atoms with Crippen molar-refractivity contribution in [3.63, 3.8) is 0 Å². The van der Waals surface area contributed by atoms with Gasteiger partial charge in [-0.15, -0.1) is 26.0 Å². The molecule has 0 saturated carbocycles. The number of aryl methyl sites for hydroxylation is 1. The zero-order valence-electron chi connectivity index (χ0n) is 7.33. The highest BCUT2D eigenvalue weighted by Crippen LogP contribution is 2.07. The van der Waals surface area contributed by atoms with E-state index in [0.717, 1.165) is 0 Å². The molecular formula is C11H14O. The van der Waals surface area contributed by atoms with Crippen molar-refractivity contribution in [2.75, 3.05) is 0 Å². The molecule has 0 spiro atoms. The molecule has 0 fully saturated rings. The SMILES string of the molecule is C#C.C=C.Cc1ccc(O)cc1. The summed E-state index contributed by atoms with van der Waals surface area (Å²) in [5.74, 6) is 0.329. The van der Waals surface area contributed by atoms with E-state index in [-0.39, 0.29) is 0 Å². The third-order valence-electron chi connectivity index (χ3n) is 1.03. The topological polar surface area (TPSA) is 20.2 Å². The average Bonchev–Trinajstić information content (AvgIpc) is 2.17. The van der Waals surface area contributed by atoms with Gasteiger partial charge in [0.25, 0.3) is 0 Å². The minimum Gasteiger partial charge on any atom is -0.508 e. The van der Waals surface area contributed by atoms with Gasteiger partial charge in [-0.1, -0.05) is 17.7 Å². The first-order valence-electron chi connectivity index (χ1n) is 3.38. The van der Waals surface area contributed by atoms with Crippen molar-refractivity contribution in [2.45, 2.75) is 6.92 Å². The molecule has 0 aliphatic rings. The third-order valence-corrected chi connectivity index (χ3v) is 1.03. The molecule has 0 atom stereocenters. The fourth-order valence-corrected chi connectivity index (χ4v) is 0.545. The van der Waals surface area contributed by atoms with E-state index in [2.05, 4.69) is 26.0 Å². The van der Waals surface area contributed by atoms with Crippen molar-refractivity contribution in [3.05, 3.63) is 43.0 Å². The number of terminal acetylenes is 1. The highest BCUT2D eigenvalue weighted by Gasteiger charge is 1.82. The zero-order valence-corrected chi connectivity index (χ0v) is 7.33. The van der Waals surface area contributed by atoms with Gasteiger partial charge in [-0.3, -0.25) is 0 Å². The Labute approximate surface area is 74.4 Å². The van der Waals surface area contributed by atoms with Gasteiger partial charge in [-0.25, -0.2) is 0 Å². The monoisotopic (exact) mass is 162 g/mol. The Morgan fingerprint density at radius 1 is 1.08 bits per heavy atom. The number of phenolic OH excluding ortho intramolecular Hbond substituents is 1. The normalized spacial score (nSPS) is 6.58. The molecule has 0 aliphatic carbocycles. The maximum Gasteiger partial charge on any atom is 0.115 e. The maximum absolute atomic E-state index is 8.76. The maximum atomic E-state index is 8.76. The van der Waals surface area contributed by atoms with Gasteiger partial charge in [-0.05, 0) is 19.1 Å². The molecule has 1 aromatic rings. The number of rotatable bonds is 0. The van der Waals surface area contributed by atoms with Crippen LogP contribution in [0, 0.1) is 19.8 Å². The van der Waals surface area contributed by atoms with Crippen LogP contribution in [0.5, 0.6) is 5.75 Å². The first kappa shape index (κ1) is 12.9. The van der Waals surface area contributed by atoms with Crippen LogP contribution in [-0.2, 0) is 0 Å². The first-order chi connectivity index (χ1) is 5.79. The van der Waals surface area contributed by atoms with Crippen LogP contribution in [0.3, 0.4) is 0 Å². The Balaban J connectivity index is 0. The summed E-state index contributed by atoms with van der Waals surface area (Å²) in [4.78, 5) is 0. The van der Waals surface area contributed by atoms with Crippen LogP contribution in [-0.4, -0.2) is 5.11 Å². The Morgan fingerprint density at radius 2 is 1.42 bits per heavy atom. The molecule has 1 nitrogen and oxygen atoms in total. The highest BCUT2D eigenvalue weighted by atomic mass is 16.3. The van der Waals surface area contributed by atoms with E-state index in [1.54, 1.807) is 12.1 Å². The molecule has 0 heterocycles. The summed E-state index contributed by atoms with van der Waals surface area (Å²) < 4.78 is 0. The molecule has 0 amide bonds. The summed E-state index contributed by atoms with van der Waals surface area (Å²) in [6, 6.07) is 7.09. The third kappa shape index (κ3) is 6.44. The fourth-order valence-electron chi connectivity index (χ4n) is 0.545. The number of benzene rings is 1. The van der Waals surface area contributed by atoms with Crippen LogP contribution in [0.4, 0.5) is 0 Å². The van der Waals surface area contributed by atoms with E-state index in [1.807, 2.05) is 19.1 Å². The summed E-state index contributed by atoms with van der Waals surface area (Å²) in [6.45, 7) is 7.99. The lowest BCUT2D eigenvalue weighted by Crippen LogP contribution is -1.66. The van der Waals surface area contributed by atoms with Gasteiger partial charge in [0.15, 0.2) is 0 Å². The Bertz CT molecular complexity index is 187. The van der Waals surface area contributed by atoms with Crippen molar-refractivity contribution >= 4 is 0 Å². The Morgan fingerprint density at radius 3 is 1.67 bits per heavy atom. The van der Waals surface area contributed by atoms with Crippen LogP contribution in [0.2, 0.25) is 0 Å². The molecule has 0 aliphatic heterocycles. The van der Waals surface area contributed by atoms with Gasteiger partial charge < -0.3 is 5.11 Å². The summed E-state index contributed by atoms with van der Waals surface area (Å²) in [6.07, 6.45) is 8.00. The van der Waals surface area contributed by atoms with Gasteiger partial charge in [0, 0.05) is 0 Å². The van der Waals surface area contributed by atoms with E-state index in [9.17, 15) is 0 Å². The second kappa shape index (κ2) is 9.32. The minimum atomic E-state index is 0.329. The molecule has 0 unspecified atom stereocenters. The lowest BCUT2D eigenvalue weighted by molar-refractivity contribution is 0.475. The van der Waals surface area contributed by atoms with Gasteiger partial charge in [0.2, 0.25) is 0 Å². The first-order valence-corrected chi connectivity index (χ1v) is 3.38. The summed E-state index contributed by atoms with van der Waals surface area (Å²) >= 11 is 0. The smallest absolute Gasteiger partial charge is 0.115 e. The second-order valence-electron chi connectivity index (χ2n) is 1.84. The number of hydrogen-bond acceptors (Lipinski definition) is 1. The molecular weight excluding hydrogens is 148 g/mol. The minimum absolute atomic E-state index is 0.329. The zero-order chi connectivity index (χ0) is 9.98. The largest absolute Gasteiger partial charge is 0.508 e. The summed E-state index contributed by atoms with van der Waals surface area (Å²) in [5, 5.41) is 8.76. The van der Waals surface area contributed by atoms with E-state index in [1.165, 1.54) is 5.56 Å². The lowest BCUT2D eigenvalue weighted by Gasteiger charge is -1.89. The average molecular weight is 162 g/mol. The molecule has 1 aromatic carbocycles. The molecule has 1 rings (SSSR count). The standard InChI is InChI=1S/C7H8O.C2H4.C2H2/c1-6-2-4-7(8)5-3-6;2*1-2/h2-5,8H,1H3;1-2H2;1-2H. The molecule has 0 saturated heterocycles. The number of phenols is 1. The Hall–Kier alpha value is -1.68. The van der Waals surface area contributed by atoms with E-state index in [4.69, 9.17) is 5.11 Å². The van der Waals surface area contributed by atoms with Crippen LogP contribution in [0.1, 0.15) is 5.56 Å². The van der Waals surface area contributed by atoms with Crippen LogP contribution in [0.15, 0.2) is 37.4 Å². The number of aromatic hydroxyl groups is 1. The molecule has 0 bridgehead atoms. The van der Waals surface area contributed by atoms with E-state index >= 15 is 0 Å². The van der Waals surface area contributed by atoms with Crippen LogP contribution >= 0.6 is 0 Å². The van der Waals surface area contributed by atoms with E-state index < -0.39 is 0 Å². The molecule has 1 N–H and O–H groups in total. The molecule has 0 radical (unpaired) electrons. The van der Waals surface area contributed by atoms with Crippen molar-refractivity contribution in [2.24, 2.45) is 0 Å². The lowest BCUT2D eigenvalue weighted by atomic mass is 10.2. The fraction of sp³-hybridized carbons (Fsp3) is 0.0909. The molecule has 12 heavy (non-hydrogen) atoms. The van der Waals surface area contributed by atoms with Gasteiger partial charge in [0.1, 0.15) is 5.75 Å². The Kier molecular flexibility index (Phi) is 10.1.